The molecule has 3 fully saturated rings. The number of hydrogen-bond donors (Lipinski definition) is 2. The normalized spacial score (nSPS) is 33.8. The van der Waals surface area contributed by atoms with E-state index in [1.54, 1.807) is 4.90 Å². The van der Waals surface area contributed by atoms with Gasteiger partial charge in [-0.15, -0.1) is 0 Å². The predicted molar refractivity (Wildman–Crippen MR) is 70.8 cm³/mol. The molecule has 5 heteroatoms. The quantitative estimate of drug-likeness (QED) is 0.803. The molecule has 0 aromatic rings. The van der Waals surface area contributed by atoms with Crippen LogP contribution in [0.3, 0.4) is 0 Å². The third kappa shape index (κ3) is 2.87. The van der Waals surface area contributed by atoms with Crippen LogP contribution in [0.15, 0.2) is 0 Å². The Kier molecular flexibility index (Phi) is 3.93. The number of hydrogen-bond acceptors (Lipinski definition) is 3. The average molecular weight is 268 g/mol. The Hall–Kier alpha value is -0.810. The third-order valence-electron chi connectivity index (χ3n) is 4.68. The number of nitrogens with zero attached hydrogens (tertiary/aromatic N) is 1. The summed E-state index contributed by atoms with van der Waals surface area (Å²) < 4.78 is 5.73. The van der Waals surface area contributed by atoms with Crippen molar-refractivity contribution in [1.29, 1.82) is 0 Å². The van der Waals surface area contributed by atoms with Gasteiger partial charge < -0.3 is 20.1 Å². The molecule has 2 aliphatic carbocycles. The average Bonchev–Trinajstić information content (AvgIpc) is 3.12. The maximum Gasteiger partial charge on any atom is 0.317 e. The van der Waals surface area contributed by atoms with Crippen molar-refractivity contribution in [2.45, 2.75) is 56.7 Å². The molecule has 5 nitrogen and oxygen atoms in total. The van der Waals surface area contributed by atoms with Gasteiger partial charge in [-0.1, -0.05) is 0 Å². The van der Waals surface area contributed by atoms with Crippen LogP contribution in [0.5, 0.6) is 0 Å². The Labute approximate surface area is 114 Å². The van der Waals surface area contributed by atoms with Crippen LogP contribution in [-0.2, 0) is 4.74 Å². The van der Waals surface area contributed by atoms with Crippen molar-refractivity contribution in [2.24, 2.45) is 5.92 Å². The molecule has 0 spiro atoms. The van der Waals surface area contributed by atoms with Gasteiger partial charge in [0.2, 0.25) is 0 Å². The van der Waals surface area contributed by atoms with Crippen molar-refractivity contribution in [3.63, 3.8) is 0 Å². The minimum atomic E-state index is 0.00843. The first-order valence-corrected chi connectivity index (χ1v) is 7.59. The molecule has 0 radical (unpaired) electrons. The molecule has 3 rings (SSSR count). The van der Waals surface area contributed by atoms with Crippen molar-refractivity contribution >= 4 is 6.03 Å². The van der Waals surface area contributed by atoms with Crippen LogP contribution in [0.1, 0.15) is 38.5 Å². The molecule has 3 unspecified atom stereocenters. The standard InChI is InChI=1S/C14H24N2O3/c17-8-7-16(10-4-5-10)14(18)15-12-2-1-3-13-11(12)6-9-19-13/h10-13,17H,1-9H2,(H,15,18). The molecule has 19 heavy (non-hydrogen) atoms. The summed E-state index contributed by atoms with van der Waals surface area (Å²) in [6, 6.07) is 0.620. The molecule has 2 amide bonds. The number of nitrogens with one attached hydrogen (secondary N) is 1. The van der Waals surface area contributed by atoms with Crippen molar-refractivity contribution in [2.75, 3.05) is 19.8 Å². The van der Waals surface area contributed by atoms with Gasteiger partial charge in [0.15, 0.2) is 0 Å². The number of fused-ring (bicyclic) bond motifs is 1. The summed E-state index contributed by atoms with van der Waals surface area (Å²) >= 11 is 0. The van der Waals surface area contributed by atoms with Gasteiger partial charge in [-0.2, -0.15) is 0 Å². The van der Waals surface area contributed by atoms with Crippen molar-refractivity contribution in [3.05, 3.63) is 0 Å². The predicted octanol–water partition coefficient (Wildman–Crippen LogP) is 1.11. The SMILES string of the molecule is O=C(NC1CCCC2OCCC12)N(CCO)C1CC1. The maximum absolute atomic E-state index is 12.3. The minimum absolute atomic E-state index is 0.00843. The second kappa shape index (κ2) is 5.67. The first-order valence-electron chi connectivity index (χ1n) is 7.59. The van der Waals surface area contributed by atoms with E-state index in [0.717, 1.165) is 45.1 Å². The number of aliphatic hydroxyl groups is 1. The molecule has 1 saturated heterocycles. The van der Waals surface area contributed by atoms with Crippen LogP contribution < -0.4 is 5.32 Å². The topological polar surface area (TPSA) is 61.8 Å². The van der Waals surface area contributed by atoms with E-state index in [1.165, 1.54) is 0 Å². The zero-order valence-corrected chi connectivity index (χ0v) is 11.4. The smallest absolute Gasteiger partial charge is 0.317 e. The number of carbonyl (C=O) groups excluding carboxylic acids is 1. The van der Waals surface area contributed by atoms with Crippen molar-refractivity contribution in [1.82, 2.24) is 10.2 Å². The lowest BCUT2D eigenvalue weighted by molar-refractivity contribution is 0.0535. The molecule has 1 heterocycles. The maximum atomic E-state index is 12.3. The molecule has 1 aliphatic heterocycles. The van der Waals surface area contributed by atoms with E-state index < -0.39 is 0 Å². The van der Waals surface area contributed by atoms with Gasteiger partial charge in [-0.25, -0.2) is 4.79 Å². The second-order valence-electron chi connectivity index (χ2n) is 6.00. The number of carbonyl (C=O) groups is 1. The van der Waals surface area contributed by atoms with Gasteiger partial charge in [0.1, 0.15) is 0 Å². The zero-order chi connectivity index (χ0) is 13.2. The van der Waals surface area contributed by atoms with Gasteiger partial charge in [0.25, 0.3) is 0 Å². The molecule has 0 aromatic carbocycles. The molecule has 2 N–H and O–H groups in total. The molecule has 3 atom stereocenters. The van der Waals surface area contributed by atoms with Crippen LogP contribution in [0.25, 0.3) is 0 Å². The van der Waals surface area contributed by atoms with E-state index in [-0.39, 0.29) is 18.7 Å². The largest absolute Gasteiger partial charge is 0.395 e. The van der Waals surface area contributed by atoms with Crippen molar-refractivity contribution in [3.8, 4) is 0 Å². The number of urea groups is 1. The van der Waals surface area contributed by atoms with E-state index in [1.807, 2.05) is 0 Å². The number of aliphatic hydroxyl groups excluding tert-OH is 1. The molecular formula is C14H24N2O3. The molecule has 108 valence electrons. The first-order chi connectivity index (χ1) is 9.29. The highest BCUT2D eigenvalue weighted by Crippen LogP contribution is 2.35. The van der Waals surface area contributed by atoms with Crippen LogP contribution >= 0.6 is 0 Å². The monoisotopic (exact) mass is 268 g/mol. The summed E-state index contributed by atoms with van der Waals surface area (Å²) in [6.07, 6.45) is 6.91. The fourth-order valence-corrected chi connectivity index (χ4v) is 3.54. The highest BCUT2D eigenvalue weighted by atomic mass is 16.5. The summed E-state index contributed by atoms with van der Waals surface area (Å²) in [7, 11) is 0. The highest BCUT2D eigenvalue weighted by Gasteiger charge is 2.40. The van der Waals surface area contributed by atoms with Gasteiger partial charge in [0, 0.05) is 31.2 Å². The highest BCUT2D eigenvalue weighted by molar-refractivity contribution is 5.75. The summed E-state index contributed by atoms with van der Waals surface area (Å²) in [5.41, 5.74) is 0. The van der Waals surface area contributed by atoms with Gasteiger partial charge in [0.05, 0.1) is 12.7 Å². The van der Waals surface area contributed by atoms with E-state index in [2.05, 4.69) is 5.32 Å². The minimum Gasteiger partial charge on any atom is -0.395 e. The number of amides is 2. The summed E-state index contributed by atoms with van der Waals surface area (Å²) in [6.45, 7) is 1.34. The van der Waals surface area contributed by atoms with Gasteiger partial charge >= 0.3 is 6.03 Å². The lowest BCUT2D eigenvalue weighted by atomic mass is 9.82. The lowest BCUT2D eigenvalue weighted by Gasteiger charge is -2.35. The second-order valence-corrected chi connectivity index (χ2v) is 6.00. The van der Waals surface area contributed by atoms with Crippen LogP contribution in [0.2, 0.25) is 0 Å². The Morgan fingerprint density at radius 3 is 2.84 bits per heavy atom. The van der Waals surface area contributed by atoms with E-state index in [4.69, 9.17) is 9.84 Å². The van der Waals surface area contributed by atoms with Crippen LogP contribution in [0.4, 0.5) is 4.79 Å². The Morgan fingerprint density at radius 1 is 1.26 bits per heavy atom. The lowest BCUT2D eigenvalue weighted by Crippen LogP contribution is -2.51. The van der Waals surface area contributed by atoms with Crippen molar-refractivity contribution < 1.29 is 14.6 Å². The number of ether oxygens (including phenoxy) is 1. The molecule has 3 aliphatic rings. The van der Waals surface area contributed by atoms with Gasteiger partial charge in [-0.05, 0) is 38.5 Å². The van der Waals surface area contributed by atoms with Crippen LogP contribution in [-0.4, -0.2) is 54.0 Å². The molecule has 2 saturated carbocycles. The van der Waals surface area contributed by atoms with Crippen LogP contribution in [0, 0.1) is 5.92 Å². The third-order valence-corrected chi connectivity index (χ3v) is 4.68. The van der Waals surface area contributed by atoms with E-state index in [9.17, 15) is 4.79 Å². The summed E-state index contributed by atoms with van der Waals surface area (Å²) in [5.74, 6) is 0.493. The zero-order valence-electron chi connectivity index (χ0n) is 11.4. The van der Waals surface area contributed by atoms with Gasteiger partial charge in [-0.3, -0.25) is 0 Å². The summed E-state index contributed by atoms with van der Waals surface area (Å²) in [4.78, 5) is 14.1. The fraction of sp³-hybridized carbons (Fsp3) is 0.929. The van der Waals surface area contributed by atoms with E-state index >= 15 is 0 Å². The Morgan fingerprint density at radius 2 is 2.11 bits per heavy atom. The first kappa shape index (κ1) is 13.2. The van der Waals surface area contributed by atoms with E-state index in [0.29, 0.717) is 24.6 Å². The summed E-state index contributed by atoms with van der Waals surface area (Å²) in [5, 5.41) is 12.3. The molecular weight excluding hydrogens is 244 g/mol. The number of rotatable bonds is 4. The Bertz CT molecular complexity index is 333. The molecule has 0 aromatic heterocycles. The fourth-order valence-electron chi connectivity index (χ4n) is 3.54. The molecule has 0 bridgehead atoms. The Balaban J connectivity index is 1.58.